The highest BCUT2D eigenvalue weighted by Gasteiger charge is 2.08. The standard InChI is InChI=1S/C18H19N3O/c1-12(2)11-22-15-6-4-14(5-7-15)16-10-21-9-8-13(3)17(19)18(21)20-16/h4-10H,1,11,19H2,2-3H3. The monoisotopic (exact) mass is 293 g/mol. The number of hydrogen-bond donors (Lipinski definition) is 1. The quantitative estimate of drug-likeness (QED) is 0.743. The van der Waals surface area contributed by atoms with Crippen LogP contribution in [0.4, 0.5) is 5.69 Å². The van der Waals surface area contributed by atoms with Crippen LogP contribution in [0.3, 0.4) is 0 Å². The Labute approximate surface area is 129 Å². The van der Waals surface area contributed by atoms with Crippen molar-refractivity contribution < 1.29 is 4.74 Å². The maximum absolute atomic E-state index is 6.09. The van der Waals surface area contributed by atoms with Gasteiger partial charge in [-0.25, -0.2) is 4.98 Å². The topological polar surface area (TPSA) is 52.5 Å². The lowest BCUT2D eigenvalue weighted by Gasteiger charge is -2.05. The summed E-state index contributed by atoms with van der Waals surface area (Å²) in [6.45, 7) is 8.28. The molecular formula is C18H19N3O. The molecule has 0 unspecified atom stereocenters. The summed E-state index contributed by atoms with van der Waals surface area (Å²) < 4.78 is 7.55. The molecule has 2 N–H and O–H groups in total. The number of pyridine rings is 1. The summed E-state index contributed by atoms with van der Waals surface area (Å²) in [5.41, 5.74) is 11.6. The molecule has 0 amide bonds. The van der Waals surface area contributed by atoms with Crippen LogP contribution in [0.25, 0.3) is 16.9 Å². The van der Waals surface area contributed by atoms with Gasteiger partial charge in [0.25, 0.3) is 0 Å². The summed E-state index contributed by atoms with van der Waals surface area (Å²) >= 11 is 0. The highest BCUT2D eigenvalue weighted by atomic mass is 16.5. The van der Waals surface area contributed by atoms with E-state index in [4.69, 9.17) is 10.5 Å². The van der Waals surface area contributed by atoms with E-state index in [1.807, 2.05) is 61.0 Å². The van der Waals surface area contributed by atoms with Gasteiger partial charge in [-0.15, -0.1) is 0 Å². The van der Waals surface area contributed by atoms with Crippen molar-refractivity contribution in [1.82, 2.24) is 9.38 Å². The van der Waals surface area contributed by atoms with Gasteiger partial charge in [-0.3, -0.25) is 0 Å². The summed E-state index contributed by atoms with van der Waals surface area (Å²) in [5.74, 6) is 0.825. The van der Waals surface area contributed by atoms with Gasteiger partial charge < -0.3 is 14.9 Å². The number of ether oxygens (including phenoxy) is 1. The fourth-order valence-corrected chi connectivity index (χ4v) is 2.23. The minimum Gasteiger partial charge on any atom is -0.489 e. The summed E-state index contributed by atoms with van der Waals surface area (Å²) in [4.78, 5) is 4.63. The van der Waals surface area contributed by atoms with E-state index >= 15 is 0 Å². The molecule has 0 aliphatic rings. The molecule has 0 fully saturated rings. The molecule has 0 saturated heterocycles. The van der Waals surface area contributed by atoms with Crippen LogP contribution < -0.4 is 10.5 Å². The predicted octanol–water partition coefficient (Wildman–Crippen LogP) is 3.85. The highest BCUT2D eigenvalue weighted by Crippen LogP contribution is 2.25. The summed E-state index contributed by atoms with van der Waals surface area (Å²) in [7, 11) is 0. The Morgan fingerprint density at radius 2 is 2.00 bits per heavy atom. The molecule has 4 nitrogen and oxygen atoms in total. The van der Waals surface area contributed by atoms with Crippen molar-refractivity contribution >= 4 is 11.3 Å². The Morgan fingerprint density at radius 3 is 2.68 bits per heavy atom. The van der Waals surface area contributed by atoms with E-state index in [2.05, 4.69) is 11.6 Å². The van der Waals surface area contributed by atoms with Crippen LogP contribution in [-0.4, -0.2) is 16.0 Å². The molecule has 0 aliphatic carbocycles. The molecule has 2 heterocycles. The number of imidazole rings is 1. The number of hydrogen-bond acceptors (Lipinski definition) is 3. The van der Waals surface area contributed by atoms with E-state index in [1.54, 1.807) is 0 Å². The normalized spacial score (nSPS) is 10.8. The lowest BCUT2D eigenvalue weighted by atomic mass is 10.1. The zero-order chi connectivity index (χ0) is 15.7. The average molecular weight is 293 g/mol. The maximum Gasteiger partial charge on any atom is 0.160 e. The molecular weight excluding hydrogens is 274 g/mol. The second-order valence-corrected chi connectivity index (χ2v) is 5.54. The van der Waals surface area contributed by atoms with Gasteiger partial charge in [0, 0.05) is 18.0 Å². The zero-order valence-electron chi connectivity index (χ0n) is 12.8. The molecule has 0 bridgehead atoms. The molecule has 22 heavy (non-hydrogen) atoms. The number of nitrogen functional groups attached to an aromatic ring is 1. The average Bonchev–Trinajstić information content (AvgIpc) is 2.94. The van der Waals surface area contributed by atoms with E-state index < -0.39 is 0 Å². The molecule has 0 saturated carbocycles. The van der Waals surface area contributed by atoms with E-state index in [0.717, 1.165) is 39.5 Å². The predicted molar refractivity (Wildman–Crippen MR) is 90.1 cm³/mol. The molecule has 3 rings (SSSR count). The minimum atomic E-state index is 0.531. The van der Waals surface area contributed by atoms with Crippen molar-refractivity contribution in [2.45, 2.75) is 13.8 Å². The molecule has 112 valence electrons. The number of rotatable bonds is 4. The third-order valence-corrected chi connectivity index (χ3v) is 3.52. The van der Waals surface area contributed by atoms with Crippen molar-refractivity contribution in [2.75, 3.05) is 12.3 Å². The fraction of sp³-hybridized carbons (Fsp3) is 0.167. The Hall–Kier alpha value is -2.75. The van der Waals surface area contributed by atoms with E-state index in [0.29, 0.717) is 6.61 Å². The molecule has 0 radical (unpaired) electrons. The fourth-order valence-electron chi connectivity index (χ4n) is 2.23. The van der Waals surface area contributed by atoms with Crippen LogP contribution in [-0.2, 0) is 0 Å². The number of nitrogens with two attached hydrogens (primary N) is 1. The van der Waals surface area contributed by atoms with Crippen molar-refractivity contribution in [3.63, 3.8) is 0 Å². The molecule has 0 aliphatic heterocycles. The molecule has 0 atom stereocenters. The van der Waals surface area contributed by atoms with Gasteiger partial charge in [-0.1, -0.05) is 6.58 Å². The first-order chi connectivity index (χ1) is 10.5. The SMILES string of the molecule is C=C(C)COc1ccc(-c2cn3ccc(C)c(N)c3n2)cc1. The van der Waals surface area contributed by atoms with E-state index in [9.17, 15) is 0 Å². The van der Waals surface area contributed by atoms with Gasteiger partial charge in [-0.05, 0) is 55.3 Å². The summed E-state index contributed by atoms with van der Waals surface area (Å²) in [6, 6.07) is 9.87. The van der Waals surface area contributed by atoms with Gasteiger partial charge in [-0.2, -0.15) is 0 Å². The van der Waals surface area contributed by atoms with Crippen LogP contribution in [0.2, 0.25) is 0 Å². The van der Waals surface area contributed by atoms with Crippen LogP contribution in [0, 0.1) is 6.92 Å². The Morgan fingerprint density at radius 1 is 1.27 bits per heavy atom. The maximum atomic E-state index is 6.09. The number of anilines is 1. The van der Waals surface area contributed by atoms with Gasteiger partial charge >= 0.3 is 0 Å². The van der Waals surface area contributed by atoms with Crippen molar-refractivity contribution in [3.8, 4) is 17.0 Å². The number of nitrogens with zero attached hydrogens (tertiary/aromatic N) is 2. The number of aromatic nitrogens is 2. The summed E-state index contributed by atoms with van der Waals surface area (Å²) in [6.07, 6.45) is 3.96. The third-order valence-electron chi connectivity index (χ3n) is 3.52. The van der Waals surface area contributed by atoms with Gasteiger partial charge in [0.05, 0.1) is 11.4 Å². The first-order valence-corrected chi connectivity index (χ1v) is 7.16. The minimum absolute atomic E-state index is 0.531. The van der Waals surface area contributed by atoms with Crippen molar-refractivity contribution in [2.24, 2.45) is 0 Å². The Balaban J connectivity index is 1.91. The number of aryl methyl sites for hydroxylation is 1. The smallest absolute Gasteiger partial charge is 0.160 e. The van der Waals surface area contributed by atoms with Crippen LogP contribution >= 0.6 is 0 Å². The Kier molecular flexibility index (Phi) is 3.59. The lowest BCUT2D eigenvalue weighted by molar-refractivity contribution is 0.353. The third kappa shape index (κ3) is 2.68. The largest absolute Gasteiger partial charge is 0.489 e. The lowest BCUT2D eigenvalue weighted by Crippen LogP contribution is -1.97. The number of fused-ring (bicyclic) bond motifs is 1. The second-order valence-electron chi connectivity index (χ2n) is 5.54. The second kappa shape index (κ2) is 5.56. The van der Waals surface area contributed by atoms with Gasteiger partial charge in [0.2, 0.25) is 0 Å². The molecule has 4 heteroatoms. The van der Waals surface area contributed by atoms with Gasteiger partial charge in [0.15, 0.2) is 5.65 Å². The van der Waals surface area contributed by atoms with E-state index in [-0.39, 0.29) is 0 Å². The molecule has 2 aromatic heterocycles. The zero-order valence-corrected chi connectivity index (χ0v) is 12.8. The van der Waals surface area contributed by atoms with Crippen LogP contribution in [0.1, 0.15) is 12.5 Å². The summed E-state index contributed by atoms with van der Waals surface area (Å²) in [5, 5.41) is 0. The molecule has 0 spiro atoms. The Bertz CT molecular complexity index is 831. The molecule has 3 aromatic rings. The first-order valence-electron chi connectivity index (χ1n) is 7.16. The number of benzene rings is 1. The van der Waals surface area contributed by atoms with E-state index in [1.165, 1.54) is 0 Å². The first kappa shape index (κ1) is 14.2. The van der Waals surface area contributed by atoms with Crippen LogP contribution in [0.15, 0.2) is 54.9 Å². The van der Waals surface area contributed by atoms with Crippen LogP contribution in [0.5, 0.6) is 5.75 Å². The van der Waals surface area contributed by atoms with Gasteiger partial charge in [0.1, 0.15) is 12.4 Å². The van der Waals surface area contributed by atoms with Crippen molar-refractivity contribution in [1.29, 1.82) is 0 Å². The molecule has 1 aromatic carbocycles. The van der Waals surface area contributed by atoms with Crippen molar-refractivity contribution in [3.05, 3.63) is 60.4 Å². The highest BCUT2D eigenvalue weighted by molar-refractivity contribution is 5.73.